The maximum absolute atomic E-state index is 12.6. The Morgan fingerprint density at radius 3 is 2.21 bits per heavy atom. The summed E-state index contributed by atoms with van der Waals surface area (Å²) in [5.74, 6) is -0.492. The van der Waals surface area contributed by atoms with Gasteiger partial charge in [-0.1, -0.05) is 45.0 Å². The van der Waals surface area contributed by atoms with Gasteiger partial charge < -0.3 is 10.6 Å². The molecular formula is C24H25N3O2. The van der Waals surface area contributed by atoms with Crippen molar-refractivity contribution in [2.45, 2.75) is 32.7 Å². The van der Waals surface area contributed by atoms with E-state index in [1.807, 2.05) is 36.4 Å². The molecule has 148 valence electrons. The highest BCUT2D eigenvalue weighted by molar-refractivity contribution is 6.06. The summed E-state index contributed by atoms with van der Waals surface area (Å²) in [5, 5.41) is 5.72. The lowest BCUT2D eigenvalue weighted by Crippen LogP contribution is -2.23. The third-order valence-electron chi connectivity index (χ3n) is 4.57. The normalized spacial score (nSPS) is 11.0. The lowest BCUT2D eigenvalue weighted by atomic mass is 9.87. The lowest BCUT2D eigenvalue weighted by molar-refractivity contribution is 0.0951. The van der Waals surface area contributed by atoms with E-state index in [-0.39, 0.29) is 17.2 Å². The number of carbonyl (C=O) groups is 2. The van der Waals surface area contributed by atoms with Crippen molar-refractivity contribution in [3.8, 4) is 0 Å². The number of amides is 2. The summed E-state index contributed by atoms with van der Waals surface area (Å²) in [6, 6.07) is 18.2. The standard InChI is InChI=1S/C24H25N3O2/c1-24(2,3)20-9-11-21(12-10-20)27-23(29)19-8-4-7-18(14-19)22(28)26-16-17-6-5-13-25-15-17/h4-15H,16H2,1-3H3,(H,26,28)(H,27,29). The Balaban J connectivity index is 1.65. The number of benzene rings is 2. The highest BCUT2D eigenvalue weighted by Crippen LogP contribution is 2.23. The van der Waals surface area contributed by atoms with Crippen LogP contribution in [-0.2, 0) is 12.0 Å². The number of pyridine rings is 1. The van der Waals surface area contributed by atoms with Crippen LogP contribution in [0.4, 0.5) is 5.69 Å². The molecule has 0 aliphatic heterocycles. The summed E-state index contributed by atoms with van der Waals surface area (Å²) in [4.78, 5) is 29.0. The average molecular weight is 387 g/mol. The van der Waals surface area contributed by atoms with Crippen LogP contribution in [0.25, 0.3) is 0 Å². The molecule has 0 bridgehead atoms. The monoisotopic (exact) mass is 387 g/mol. The first kappa shape index (κ1) is 20.3. The Hall–Kier alpha value is -3.47. The Labute approximate surface area is 171 Å². The molecule has 0 fully saturated rings. The molecule has 29 heavy (non-hydrogen) atoms. The molecule has 2 N–H and O–H groups in total. The quantitative estimate of drug-likeness (QED) is 0.674. The Morgan fingerprint density at radius 1 is 0.897 bits per heavy atom. The molecule has 0 radical (unpaired) electrons. The van der Waals surface area contributed by atoms with Gasteiger partial charge in [0, 0.05) is 35.8 Å². The van der Waals surface area contributed by atoms with Crippen molar-refractivity contribution >= 4 is 17.5 Å². The van der Waals surface area contributed by atoms with Crippen LogP contribution in [0.3, 0.4) is 0 Å². The molecule has 5 nitrogen and oxygen atoms in total. The van der Waals surface area contributed by atoms with Gasteiger partial charge in [-0.25, -0.2) is 0 Å². The number of hydrogen-bond acceptors (Lipinski definition) is 3. The second-order valence-electron chi connectivity index (χ2n) is 7.91. The van der Waals surface area contributed by atoms with E-state index in [0.29, 0.717) is 17.7 Å². The Bertz CT molecular complexity index is 991. The minimum absolute atomic E-state index is 0.0556. The van der Waals surface area contributed by atoms with Gasteiger partial charge in [0.2, 0.25) is 0 Å². The Kier molecular flexibility index (Phi) is 6.07. The lowest BCUT2D eigenvalue weighted by Gasteiger charge is -2.19. The molecule has 2 aromatic carbocycles. The summed E-state index contributed by atoms with van der Waals surface area (Å²) in [5.41, 5.74) is 3.74. The average Bonchev–Trinajstić information content (AvgIpc) is 2.72. The minimum atomic E-state index is -0.254. The third-order valence-corrected chi connectivity index (χ3v) is 4.57. The predicted octanol–water partition coefficient (Wildman–Crippen LogP) is 4.56. The van der Waals surface area contributed by atoms with E-state index in [2.05, 4.69) is 36.4 Å². The van der Waals surface area contributed by atoms with Crippen molar-refractivity contribution in [2.24, 2.45) is 0 Å². The van der Waals surface area contributed by atoms with E-state index in [1.165, 1.54) is 5.56 Å². The van der Waals surface area contributed by atoms with Crippen molar-refractivity contribution in [1.82, 2.24) is 10.3 Å². The van der Waals surface area contributed by atoms with E-state index in [0.717, 1.165) is 11.3 Å². The molecule has 0 unspecified atom stereocenters. The maximum atomic E-state index is 12.6. The van der Waals surface area contributed by atoms with Gasteiger partial charge in [-0.2, -0.15) is 0 Å². The fraction of sp³-hybridized carbons (Fsp3) is 0.208. The molecule has 0 spiro atoms. The number of hydrogen-bond donors (Lipinski definition) is 2. The number of nitrogens with one attached hydrogen (secondary N) is 2. The maximum Gasteiger partial charge on any atom is 0.255 e. The minimum Gasteiger partial charge on any atom is -0.348 e. The zero-order chi connectivity index (χ0) is 20.9. The smallest absolute Gasteiger partial charge is 0.255 e. The first-order valence-corrected chi connectivity index (χ1v) is 9.52. The highest BCUT2D eigenvalue weighted by Gasteiger charge is 2.14. The van der Waals surface area contributed by atoms with Crippen LogP contribution in [0.5, 0.6) is 0 Å². The van der Waals surface area contributed by atoms with Gasteiger partial charge in [-0.3, -0.25) is 14.6 Å². The largest absolute Gasteiger partial charge is 0.348 e. The van der Waals surface area contributed by atoms with E-state index in [1.54, 1.807) is 36.7 Å². The first-order chi connectivity index (χ1) is 13.8. The van der Waals surface area contributed by atoms with Crippen LogP contribution in [0.15, 0.2) is 73.1 Å². The zero-order valence-corrected chi connectivity index (χ0v) is 16.9. The predicted molar refractivity (Wildman–Crippen MR) is 115 cm³/mol. The number of nitrogens with zero attached hydrogens (tertiary/aromatic N) is 1. The third kappa shape index (κ3) is 5.51. The van der Waals surface area contributed by atoms with Crippen molar-refractivity contribution < 1.29 is 9.59 Å². The van der Waals surface area contributed by atoms with E-state index < -0.39 is 0 Å². The molecule has 3 aromatic rings. The second-order valence-corrected chi connectivity index (χ2v) is 7.91. The molecule has 3 rings (SSSR count). The molecule has 0 aliphatic rings. The van der Waals surface area contributed by atoms with Crippen molar-refractivity contribution in [3.63, 3.8) is 0 Å². The van der Waals surface area contributed by atoms with Gasteiger partial charge >= 0.3 is 0 Å². The van der Waals surface area contributed by atoms with Gasteiger partial charge in [-0.15, -0.1) is 0 Å². The number of aromatic nitrogens is 1. The van der Waals surface area contributed by atoms with Gasteiger partial charge in [0.05, 0.1) is 0 Å². The summed E-state index contributed by atoms with van der Waals surface area (Å²) < 4.78 is 0. The fourth-order valence-electron chi connectivity index (χ4n) is 2.85. The van der Waals surface area contributed by atoms with E-state index in [4.69, 9.17) is 0 Å². The molecular weight excluding hydrogens is 362 g/mol. The van der Waals surface area contributed by atoms with Crippen molar-refractivity contribution in [2.75, 3.05) is 5.32 Å². The molecule has 2 amide bonds. The molecule has 1 aromatic heterocycles. The van der Waals surface area contributed by atoms with Crippen LogP contribution >= 0.6 is 0 Å². The van der Waals surface area contributed by atoms with Gasteiger partial charge in [-0.05, 0) is 52.9 Å². The summed E-state index contributed by atoms with van der Waals surface area (Å²) in [6.07, 6.45) is 3.39. The highest BCUT2D eigenvalue weighted by atomic mass is 16.2. The van der Waals surface area contributed by atoms with Crippen molar-refractivity contribution in [3.05, 3.63) is 95.3 Å². The molecule has 0 saturated carbocycles. The van der Waals surface area contributed by atoms with Gasteiger partial charge in [0.1, 0.15) is 0 Å². The van der Waals surface area contributed by atoms with Crippen LogP contribution < -0.4 is 10.6 Å². The summed E-state index contributed by atoms with van der Waals surface area (Å²) >= 11 is 0. The first-order valence-electron chi connectivity index (χ1n) is 9.52. The van der Waals surface area contributed by atoms with Crippen LogP contribution in [0, 0.1) is 0 Å². The second kappa shape index (κ2) is 8.69. The number of anilines is 1. The molecule has 0 aliphatic carbocycles. The van der Waals surface area contributed by atoms with E-state index in [9.17, 15) is 9.59 Å². The van der Waals surface area contributed by atoms with Crippen LogP contribution in [-0.4, -0.2) is 16.8 Å². The molecule has 0 saturated heterocycles. The SMILES string of the molecule is CC(C)(C)c1ccc(NC(=O)c2cccc(C(=O)NCc3cccnc3)c2)cc1. The summed E-state index contributed by atoms with van der Waals surface area (Å²) in [6.45, 7) is 6.81. The molecule has 1 heterocycles. The molecule has 0 atom stereocenters. The summed E-state index contributed by atoms with van der Waals surface area (Å²) in [7, 11) is 0. The van der Waals surface area contributed by atoms with Gasteiger partial charge in [0.15, 0.2) is 0 Å². The zero-order valence-electron chi connectivity index (χ0n) is 16.9. The van der Waals surface area contributed by atoms with Crippen molar-refractivity contribution in [1.29, 1.82) is 0 Å². The van der Waals surface area contributed by atoms with Crippen LogP contribution in [0.1, 0.15) is 52.6 Å². The van der Waals surface area contributed by atoms with Crippen LogP contribution in [0.2, 0.25) is 0 Å². The fourth-order valence-corrected chi connectivity index (χ4v) is 2.85. The Morgan fingerprint density at radius 2 is 1.59 bits per heavy atom. The topological polar surface area (TPSA) is 71.1 Å². The van der Waals surface area contributed by atoms with E-state index >= 15 is 0 Å². The van der Waals surface area contributed by atoms with Gasteiger partial charge in [0.25, 0.3) is 11.8 Å². The number of rotatable bonds is 5. The molecule has 5 heteroatoms. The number of carbonyl (C=O) groups excluding carboxylic acids is 2.